The number of esters is 1. The fraction of sp³-hybridized carbons (Fsp3) is 0.571. The average Bonchev–Trinajstić information content (AvgIpc) is 2.29. The van der Waals surface area contributed by atoms with Crippen LogP contribution < -0.4 is 11.1 Å². The Kier molecular flexibility index (Phi) is 4.24. The van der Waals surface area contributed by atoms with Gasteiger partial charge in [-0.05, 0) is 38.7 Å². The lowest BCUT2D eigenvalue weighted by Crippen LogP contribution is -2.31. The zero-order valence-corrected chi connectivity index (χ0v) is 11.5. The first-order chi connectivity index (χ1) is 9.11. The smallest absolute Gasteiger partial charge is 0.340 e. The molecule has 0 aliphatic heterocycles. The van der Waals surface area contributed by atoms with Crippen molar-refractivity contribution in [2.24, 2.45) is 5.92 Å². The maximum atomic E-state index is 11.7. The highest BCUT2D eigenvalue weighted by atomic mass is 16.5. The van der Waals surface area contributed by atoms with Gasteiger partial charge in [0.15, 0.2) is 0 Å². The van der Waals surface area contributed by atoms with Crippen molar-refractivity contribution >= 4 is 17.5 Å². The monoisotopic (exact) mass is 263 g/mol. The molecule has 1 aliphatic rings. The first-order valence-corrected chi connectivity index (χ1v) is 6.81. The van der Waals surface area contributed by atoms with Gasteiger partial charge < -0.3 is 15.8 Å². The molecule has 3 N–H and O–H groups in total. The SMILES string of the molecule is CCOC(=O)c1cc(NC(C)C2CCC2)ncc1N. The summed E-state index contributed by atoms with van der Waals surface area (Å²) in [6, 6.07) is 2.03. The topological polar surface area (TPSA) is 77.2 Å². The van der Waals surface area contributed by atoms with Crippen LogP contribution in [0.15, 0.2) is 12.3 Å². The normalized spacial score (nSPS) is 16.5. The molecule has 0 aromatic carbocycles. The van der Waals surface area contributed by atoms with Crippen molar-refractivity contribution in [2.45, 2.75) is 39.2 Å². The number of nitrogens with one attached hydrogen (secondary N) is 1. The van der Waals surface area contributed by atoms with Crippen LogP contribution >= 0.6 is 0 Å². The second kappa shape index (κ2) is 5.91. The Labute approximate surface area is 113 Å². The average molecular weight is 263 g/mol. The number of ether oxygens (including phenoxy) is 1. The van der Waals surface area contributed by atoms with Crippen molar-refractivity contribution < 1.29 is 9.53 Å². The van der Waals surface area contributed by atoms with E-state index in [0.29, 0.717) is 35.6 Å². The van der Waals surface area contributed by atoms with Gasteiger partial charge >= 0.3 is 5.97 Å². The molecule has 0 saturated heterocycles. The lowest BCUT2D eigenvalue weighted by Gasteiger charge is -2.32. The minimum Gasteiger partial charge on any atom is -0.462 e. The van der Waals surface area contributed by atoms with Crippen LogP contribution in [0.5, 0.6) is 0 Å². The van der Waals surface area contributed by atoms with Crippen LogP contribution in [0.2, 0.25) is 0 Å². The van der Waals surface area contributed by atoms with Gasteiger partial charge in [-0.15, -0.1) is 0 Å². The molecule has 0 spiro atoms. The molecule has 0 radical (unpaired) electrons. The number of nitrogens with two attached hydrogens (primary N) is 1. The van der Waals surface area contributed by atoms with Gasteiger partial charge in [0.1, 0.15) is 5.82 Å². The Bertz CT molecular complexity index is 458. The van der Waals surface area contributed by atoms with Crippen LogP contribution in [0.3, 0.4) is 0 Å². The van der Waals surface area contributed by atoms with Gasteiger partial charge in [-0.3, -0.25) is 0 Å². The van der Waals surface area contributed by atoms with E-state index in [0.717, 1.165) is 0 Å². The predicted molar refractivity (Wildman–Crippen MR) is 75.0 cm³/mol. The molecular formula is C14H21N3O2. The maximum Gasteiger partial charge on any atom is 0.340 e. The van der Waals surface area contributed by atoms with Crippen molar-refractivity contribution in [3.63, 3.8) is 0 Å². The van der Waals surface area contributed by atoms with Gasteiger partial charge in [-0.2, -0.15) is 0 Å². The number of nitrogens with zero attached hydrogens (tertiary/aromatic N) is 1. The van der Waals surface area contributed by atoms with Crippen LogP contribution in [-0.4, -0.2) is 23.6 Å². The van der Waals surface area contributed by atoms with E-state index in [1.165, 1.54) is 25.5 Å². The van der Waals surface area contributed by atoms with E-state index in [-0.39, 0.29) is 0 Å². The van der Waals surface area contributed by atoms with E-state index in [2.05, 4.69) is 17.2 Å². The Balaban J connectivity index is 2.08. The molecule has 1 unspecified atom stereocenters. The molecule has 104 valence electrons. The first-order valence-electron chi connectivity index (χ1n) is 6.81. The highest BCUT2D eigenvalue weighted by molar-refractivity contribution is 5.95. The maximum absolute atomic E-state index is 11.7. The van der Waals surface area contributed by atoms with Crippen LogP contribution in [-0.2, 0) is 4.74 Å². The molecular weight excluding hydrogens is 242 g/mol. The molecule has 0 bridgehead atoms. The number of anilines is 2. The molecule has 1 heterocycles. The number of hydrogen-bond donors (Lipinski definition) is 2. The third kappa shape index (κ3) is 3.16. The van der Waals surface area contributed by atoms with E-state index < -0.39 is 5.97 Å². The molecule has 5 nitrogen and oxygen atoms in total. The van der Waals surface area contributed by atoms with Gasteiger partial charge in [0.25, 0.3) is 0 Å². The van der Waals surface area contributed by atoms with Crippen LogP contribution in [0, 0.1) is 5.92 Å². The van der Waals surface area contributed by atoms with Gasteiger partial charge in [0, 0.05) is 6.04 Å². The lowest BCUT2D eigenvalue weighted by atomic mass is 9.80. The summed E-state index contributed by atoms with van der Waals surface area (Å²) < 4.78 is 4.97. The summed E-state index contributed by atoms with van der Waals surface area (Å²) in [6.45, 7) is 4.25. The van der Waals surface area contributed by atoms with Gasteiger partial charge in [-0.25, -0.2) is 9.78 Å². The van der Waals surface area contributed by atoms with Crippen molar-refractivity contribution in [3.8, 4) is 0 Å². The molecule has 5 heteroatoms. The highest BCUT2D eigenvalue weighted by Gasteiger charge is 2.24. The Morgan fingerprint density at radius 3 is 2.95 bits per heavy atom. The quantitative estimate of drug-likeness (QED) is 0.798. The largest absolute Gasteiger partial charge is 0.462 e. The van der Waals surface area contributed by atoms with E-state index in [1.807, 2.05) is 0 Å². The lowest BCUT2D eigenvalue weighted by molar-refractivity contribution is 0.0527. The van der Waals surface area contributed by atoms with Crippen LogP contribution in [0.4, 0.5) is 11.5 Å². The molecule has 1 aliphatic carbocycles. The van der Waals surface area contributed by atoms with Gasteiger partial charge in [-0.1, -0.05) is 6.42 Å². The molecule has 1 saturated carbocycles. The van der Waals surface area contributed by atoms with E-state index in [1.54, 1.807) is 13.0 Å². The van der Waals surface area contributed by atoms with Crippen molar-refractivity contribution in [1.29, 1.82) is 0 Å². The fourth-order valence-corrected chi connectivity index (χ4v) is 2.22. The minimum atomic E-state index is -0.401. The van der Waals surface area contributed by atoms with E-state index in [9.17, 15) is 4.79 Å². The van der Waals surface area contributed by atoms with E-state index in [4.69, 9.17) is 10.5 Å². The van der Waals surface area contributed by atoms with Crippen LogP contribution in [0.25, 0.3) is 0 Å². The Hall–Kier alpha value is -1.78. The number of carbonyl (C=O) groups excluding carboxylic acids is 1. The molecule has 2 rings (SSSR count). The summed E-state index contributed by atoms with van der Waals surface area (Å²) >= 11 is 0. The summed E-state index contributed by atoms with van der Waals surface area (Å²) in [6.07, 6.45) is 5.32. The zero-order chi connectivity index (χ0) is 13.8. The fourth-order valence-electron chi connectivity index (χ4n) is 2.22. The Morgan fingerprint density at radius 2 is 2.37 bits per heavy atom. The Morgan fingerprint density at radius 1 is 1.63 bits per heavy atom. The number of aromatic nitrogens is 1. The van der Waals surface area contributed by atoms with Crippen molar-refractivity contribution in [1.82, 2.24) is 4.98 Å². The summed E-state index contributed by atoms with van der Waals surface area (Å²) in [5.41, 5.74) is 6.48. The second-order valence-corrected chi connectivity index (χ2v) is 5.00. The molecule has 1 fully saturated rings. The van der Waals surface area contributed by atoms with Gasteiger partial charge in [0.2, 0.25) is 0 Å². The molecule has 1 atom stereocenters. The third-order valence-corrected chi connectivity index (χ3v) is 3.66. The summed E-state index contributed by atoms with van der Waals surface area (Å²) in [5, 5.41) is 3.33. The zero-order valence-electron chi connectivity index (χ0n) is 11.5. The summed E-state index contributed by atoms with van der Waals surface area (Å²) in [5.74, 6) is 0.976. The van der Waals surface area contributed by atoms with Crippen molar-refractivity contribution in [3.05, 3.63) is 17.8 Å². The molecule has 1 aromatic rings. The van der Waals surface area contributed by atoms with Crippen LogP contribution in [0.1, 0.15) is 43.5 Å². The number of rotatable bonds is 5. The molecule has 19 heavy (non-hydrogen) atoms. The number of nitrogen functional groups attached to an aromatic ring is 1. The van der Waals surface area contributed by atoms with Gasteiger partial charge in [0.05, 0.1) is 24.1 Å². The standard InChI is InChI=1S/C14H21N3O2/c1-3-19-14(18)11-7-13(16-8-12(11)15)17-9(2)10-5-4-6-10/h7-10H,3-6,15H2,1-2H3,(H,16,17). The highest BCUT2D eigenvalue weighted by Crippen LogP contribution is 2.31. The first kappa shape index (κ1) is 13.6. The number of pyridine rings is 1. The minimum absolute atomic E-state index is 0.335. The van der Waals surface area contributed by atoms with Crippen molar-refractivity contribution in [2.75, 3.05) is 17.7 Å². The van der Waals surface area contributed by atoms with E-state index >= 15 is 0 Å². The third-order valence-electron chi connectivity index (χ3n) is 3.66. The summed E-state index contributed by atoms with van der Waals surface area (Å²) in [4.78, 5) is 16.0. The number of carbonyl (C=O) groups is 1. The molecule has 1 aromatic heterocycles. The summed E-state index contributed by atoms with van der Waals surface area (Å²) in [7, 11) is 0. The number of hydrogen-bond acceptors (Lipinski definition) is 5. The molecule has 0 amide bonds. The second-order valence-electron chi connectivity index (χ2n) is 5.00. The predicted octanol–water partition coefficient (Wildman–Crippen LogP) is 2.44.